The number of nitrogens with zero attached hydrogens (tertiary/aromatic N) is 4. The van der Waals surface area contributed by atoms with Gasteiger partial charge in [0.05, 0.1) is 35.9 Å². The van der Waals surface area contributed by atoms with Gasteiger partial charge in [0.15, 0.2) is 10.3 Å². The number of methoxy groups -OCH3 is 2. The third kappa shape index (κ3) is 12.9. The van der Waals surface area contributed by atoms with Crippen molar-refractivity contribution in [2.75, 3.05) is 20.0 Å². The highest BCUT2D eigenvalue weighted by atomic mass is 32.2. The molecule has 2 N–H and O–H groups in total. The average molecular weight is 789 g/mol. The molecule has 0 spiro atoms. The third-order valence-corrected chi connectivity index (χ3v) is 8.52. The van der Waals surface area contributed by atoms with Crippen molar-refractivity contribution in [3.63, 3.8) is 0 Å². The smallest absolute Gasteiger partial charge is 0.436 e. The fraction of sp³-hybridized carbons (Fsp3) is 0.289. The molecule has 2 saturated heterocycles. The summed E-state index contributed by atoms with van der Waals surface area (Å²) in [5.41, 5.74) is 1.86. The van der Waals surface area contributed by atoms with Gasteiger partial charge in [0.1, 0.15) is 29.0 Å². The number of amidine groups is 2. The minimum atomic E-state index is -0.743. The van der Waals surface area contributed by atoms with Crippen molar-refractivity contribution < 1.29 is 42.9 Å². The Bertz CT molecular complexity index is 2210. The number of fused-ring (bicyclic) bond motifs is 2. The van der Waals surface area contributed by atoms with Crippen molar-refractivity contribution in [2.45, 2.75) is 52.7 Å². The van der Waals surface area contributed by atoms with Crippen LogP contribution < -0.4 is 20.1 Å². The van der Waals surface area contributed by atoms with E-state index >= 15 is 0 Å². The van der Waals surface area contributed by atoms with Crippen LogP contribution >= 0.6 is 23.5 Å². The molecule has 2 aromatic carbocycles. The van der Waals surface area contributed by atoms with Gasteiger partial charge in [-0.2, -0.15) is 9.98 Å². The predicted octanol–water partition coefficient (Wildman–Crippen LogP) is 6.93. The summed E-state index contributed by atoms with van der Waals surface area (Å²) < 4.78 is 20.6. The Morgan fingerprint density at radius 1 is 0.745 bits per heavy atom. The van der Waals surface area contributed by atoms with Crippen molar-refractivity contribution in [1.29, 1.82) is 0 Å². The number of thioether (sulfide) groups is 2. The van der Waals surface area contributed by atoms with E-state index in [4.69, 9.17) is 18.9 Å². The van der Waals surface area contributed by atoms with Crippen molar-refractivity contribution >= 4 is 92.0 Å². The highest BCUT2D eigenvalue weighted by molar-refractivity contribution is 8.18. The highest BCUT2D eigenvalue weighted by Crippen LogP contribution is 2.30. The number of rotatable bonds is 4. The van der Waals surface area contributed by atoms with Crippen LogP contribution in [0, 0.1) is 0 Å². The van der Waals surface area contributed by atoms with Crippen LogP contribution in [0.25, 0.3) is 27.9 Å². The zero-order chi connectivity index (χ0) is 40.3. The van der Waals surface area contributed by atoms with E-state index in [-0.39, 0.29) is 17.0 Å². The predicted molar refractivity (Wildman–Crippen MR) is 214 cm³/mol. The van der Waals surface area contributed by atoms with Gasteiger partial charge in [0, 0.05) is 28.7 Å². The number of amides is 4. The van der Waals surface area contributed by atoms with Crippen LogP contribution in [0.5, 0.6) is 11.5 Å². The van der Waals surface area contributed by atoms with E-state index in [1.165, 1.54) is 11.8 Å². The molecule has 4 aromatic rings. The van der Waals surface area contributed by atoms with E-state index in [1.807, 2.05) is 24.3 Å². The van der Waals surface area contributed by atoms with Crippen LogP contribution in [0.2, 0.25) is 0 Å². The first-order valence-electron chi connectivity index (χ1n) is 16.5. The maximum atomic E-state index is 12.2. The number of carbonyl (C=O) groups excluding carboxylic acids is 5. The molecule has 0 radical (unpaired) electrons. The molecule has 0 unspecified atom stereocenters. The normalized spacial score (nSPS) is 16.1. The molecule has 0 aliphatic carbocycles. The van der Waals surface area contributed by atoms with Gasteiger partial charge in [-0.25, -0.2) is 9.59 Å². The summed E-state index contributed by atoms with van der Waals surface area (Å²) in [5, 5.41) is 7.22. The molecule has 15 nitrogen and oxygen atoms in total. The van der Waals surface area contributed by atoms with Crippen molar-refractivity contribution in [1.82, 2.24) is 20.6 Å². The van der Waals surface area contributed by atoms with Crippen LogP contribution in [0.1, 0.15) is 57.5 Å². The summed E-state index contributed by atoms with van der Waals surface area (Å²) in [5.74, 6) is 1.29. The van der Waals surface area contributed by atoms with E-state index in [2.05, 4.69) is 30.6 Å². The largest absolute Gasteiger partial charge is 0.496 e. The van der Waals surface area contributed by atoms with Crippen molar-refractivity contribution in [3.05, 3.63) is 77.0 Å². The monoisotopic (exact) mass is 788 g/mol. The number of carbonyl (C=O) groups is 5. The highest BCUT2D eigenvalue weighted by Gasteiger charge is 2.26. The first-order valence-corrected chi connectivity index (χ1v) is 18.3. The van der Waals surface area contributed by atoms with Crippen LogP contribution in [0.15, 0.2) is 75.8 Å². The Morgan fingerprint density at radius 3 is 1.73 bits per heavy atom. The molecular formula is C38H40N6O9S2. The van der Waals surface area contributed by atoms with Gasteiger partial charge in [-0.3, -0.25) is 24.4 Å². The summed E-state index contributed by atoms with van der Waals surface area (Å²) in [6, 6.07) is 14.5. The molecule has 2 aliphatic heterocycles. The van der Waals surface area contributed by atoms with Gasteiger partial charge >= 0.3 is 12.2 Å². The second kappa shape index (κ2) is 18.5. The van der Waals surface area contributed by atoms with Crippen LogP contribution in [-0.2, 0) is 19.1 Å². The lowest BCUT2D eigenvalue weighted by atomic mass is 10.1. The quantitative estimate of drug-likeness (QED) is 0.160. The molecule has 0 saturated carbocycles. The van der Waals surface area contributed by atoms with Crippen molar-refractivity contribution in [3.8, 4) is 11.5 Å². The van der Waals surface area contributed by atoms with E-state index < -0.39 is 23.4 Å². The van der Waals surface area contributed by atoms with E-state index in [0.717, 1.165) is 51.2 Å². The van der Waals surface area contributed by atoms with E-state index in [1.54, 1.807) is 98.5 Å². The number of nitrogens with one attached hydrogen (secondary N) is 2. The summed E-state index contributed by atoms with van der Waals surface area (Å²) >= 11 is 2.28. The third-order valence-electron chi connectivity index (χ3n) is 6.73. The van der Waals surface area contributed by atoms with E-state index in [0.29, 0.717) is 27.1 Å². The first kappa shape index (κ1) is 41.9. The number of hydrogen-bond donors (Lipinski definition) is 2. The van der Waals surface area contributed by atoms with Gasteiger partial charge in [-0.1, -0.05) is 17.8 Å². The molecule has 2 aliphatic rings. The number of aldehydes is 1. The molecule has 4 amide bonds. The lowest BCUT2D eigenvalue weighted by Gasteiger charge is -2.17. The molecule has 4 heterocycles. The Kier molecular flexibility index (Phi) is 14.1. The van der Waals surface area contributed by atoms with Crippen molar-refractivity contribution in [2.24, 2.45) is 9.98 Å². The summed E-state index contributed by atoms with van der Waals surface area (Å²) in [6.45, 7) is 10.5. The second-order valence-corrected chi connectivity index (χ2v) is 15.4. The SMILES string of the molecule is CC(C)(C)OC(=O)N=C1NC(=O)CS1.COc1ccnc2ccc(/C=C3\SC(=NC(=O)OC(C)(C)C)NC3=O)cc12.COc1ccnc2ccc(C=O)cc12. The second-order valence-electron chi connectivity index (χ2n) is 13.4. The first-order chi connectivity index (χ1) is 26.0. The number of hydrogen-bond acceptors (Lipinski definition) is 13. The molecule has 2 aromatic heterocycles. The molecule has 0 atom stereocenters. The maximum absolute atomic E-state index is 12.2. The standard InChI is InChI=1S/C19H19N3O4S.C11H9NO2.C8H12N2O3S/c1-19(2,3)26-18(24)22-17-21-16(23)15(27-17)10-11-5-6-13-12(9-11)14(25-4)7-8-20-13;1-14-11-4-5-12-10-3-2-8(7-13)6-9(10)11;1-8(2,3)13-7(12)10-6-9-5(11)4-14-6/h5-10H,1-4H3,(H,21,22,23,24);2-7H,1H3;4H2,1-3H3,(H,9,10,11,12)/b15-10-;;. The summed E-state index contributed by atoms with van der Waals surface area (Å²) in [4.78, 5) is 72.7. The Morgan fingerprint density at radius 2 is 1.25 bits per heavy atom. The summed E-state index contributed by atoms with van der Waals surface area (Å²) in [7, 11) is 3.20. The van der Waals surface area contributed by atoms with Gasteiger partial charge < -0.3 is 29.6 Å². The fourth-order valence-electron chi connectivity index (χ4n) is 4.55. The average Bonchev–Trinajstić information content (AvgIpc) is 3.68. The number of aromatic nitrogens is 2. The number of benzene rings is 2. The molecule has 55 heavy (non-hydrogen) atoms. The Labute approximate surface area is 325 Å². The molecule has 2 fully saturated rings. The topological polar surface area (TPSA) is 197 Å². The maximum Gasteiger partial charge on any atom is 0.436 e. The zero-order valence-electron chi connectivity index (χ0n) is 31.4. The van der Waals surface area contributed by atoms with Gasteiger partial charge in [-0.15, -0.1) is 0 Å². The van der Waals surface area contributed by atoms with Gasteiger partial charge in [0.2, 0.25) is 5.91 Å². The molecule has 6 rings (SSSR count). The van der Waals surface area contributed by atoms with Gasteiger partial charge in [0.25, 0.3) is 5.91 Å². The fourth-order valence-corrected chi connectivity index (χ4v) is 6.03. The van der Waals surface area contributed by atoms with E-state index in [9.17, 15) is 24.0 Å². The Hall–Kier alpha value is -5.81. The molecule has 0 bridgehead atoms. The summed E-state index contributed by atoms with van der Waals surface area (Å²) in [6.07, 6.45) is 4.48. The minimum Gasteiger partial charge on any atom is -0.496 e. The van der Waals surface area contributed by atoms with Crippen LogP contribution in [0.3, 0.4) is 0 Å². The lowest BCUT2D eigenvalue weighted by molar-refractivity contribution is -0.117. The minimum absolute atomic E-state index is 0.141. The van der Waals surface area contributed by atoms with Gasteiger partial charge in [-0.05, 0) is 107 Å². The Balaban J connectivity index is 0.000000202. The number of ether oxygens (including phenoxy) is 4. The van der Waals surface area contributed by atoms with Crippen LogP contribution in [-0.4, -0.2) is 81.8 Å². The number of aliphatic imine (C=N–C) groups is 2. The lowest BCUT2D eigenvalue weighted by Crippen LogP contribution is -2.25. The van der Waals surface area contributed by atoms with Crippen LogP contribution in [0.4, 0.5) is 9.59 Å². The molecular weight excluding hydrogens is 749 g/mol. The number of pyridine rings is 2. The zero-order valence-corrected chi connectivity index (χ0v) is 33.0. The molecule has 288 valence electrons. The molecule has 17 heteroatoms.